The molecule has 0 aromatic carbocycles. The summed E-state index contributed by atoms with van der Waals surface area (Å²) in [6, 6.07) is 0.374. The first-order valence-corrected chi connectivity index (χ1v) is 9.33. The predicted octanol–water partition coefficient (Wildman–Crippen LogP) is 2.57. The minimum absolute atomic E-state index is 0.0681. The summed E-state index contributed by atoms with van der Waals surface area (Å²) >= 11 is 1.33. The summed E-state index contributed by atoms with van der Waals surface area (Å²) in [6.07, 6.45) is 0.588. The van der Waals surface area contributed by atoms with Gasteiger partial charge in [0, 0.05) is 16.8 Å². The molecule has 0 spiro atoms. The summed E-state index contributed by atoms with van der Waals surface area (Å²) in [7, 11) is -3.31. The van der Waals surface area contributed by atoms with E-state index in [0.29, 0.717) is 24.1 Å². The van der Waals surface area contributed by atoms with Gasteiger partial charge < -0.3 is 5.32 Å². The molecule has 0 radical (unpaired) electrons. The van der Waals surface area contributed by atoms with E-state index in [4.69, 9.17) is 0 Å². The van der Waals surface area contributed by atoms with Gasteiger partial charge in [0.25, 0.3) is 0 Å². The standard InChI is InChI=1S/C13H25N3O2S2/c1-10(2)14-7-6-8-20(17,18)16-12-15-11(9-19-12)13(3,4)5/h9-10,14H,6-8H2,1-5H3,(H,15,16). The number of anilines is 1. The number of sulfonamides is 1. The Labute approximate surface area is 126 Å². The van der Waals surface area contributed by atoms with Crippen LogP contribution in [0.15, 0.2) is 5.38 Å². The lowest BCUT2D eigenvalue weighted by molar-refractivity contribution is 0.569. The number of aromatic nitrogens is 1. The van der Waals surface area contributed by atoms with E-state index in [2.05, 4.69) is 35.8 Å². The molecule has 7 heteroatoms. The normalized spacial score (nSPS) is 12.9. The Morgan fingerprint density at radius 2 is 2.00 bits per heavy atom. The van der Waals surface area contributed by atoms with Crippen LogP contribution in [-0.4, -0.2) is 31.7 Å². The molecule has 0 unspecified atom stereocenters. The maximum atomic E-state index is 11.9. The Morgan fingerprint density at radius 1 is 1.35 bits per heavy atom. The van der Waals surface area contributed by atoms with Gasteiger partial charge in [0.05, 0.1) is 11.4 Å². The molecular weight excluding hydrogens is 294 g/mol. The van der Waals surface area contributed by atoms with Crippen LogP contribution in [-0.2, 0) is 15.4 Å². The van der Waals surface area contributed by atoms with Crippen molar-refractivity contribution in [1.82, 2.24) is 10.3 Å². The summed E-state index contributed by atoms with van der Waals surface area (Å²) in [5.74, 6) is 0.108. The minimum Gasteiger partial charge on any atom is -0.314 e. The van der Waals surface area contributed by atoms with Crippen molar-refractivity contribution in [1.29, 1.82) is 0 Å². The molecular formula is C13H25N3O2S2. The van der Waals surface area contributed by atoms with Crippen molar-refractivity contribution < 1.29 is 8.42 Å². The third-order valence-corrected chi connectivity index (χ3v) is 4.88. The number of hydrogen-bond donors (Lipinski definition) is 2. The van der Waals surface area contributed by atoms with E-state index in [1.165, 1.54) is 11.3 Å². The SMILES string of the molecule is CC(C)NCCCS(=O)(=O)Nc1nc(C(C)(C)C)cs1. The third-order valence-electron chi connectivity index (χ3n) is 2.66. The lowest BCUT2D eigenvalue weighted by Gasteiger charge is -2.14. The van der Waals surface area contributed by atoms with Gasteiger partial charge in [0.15, 0.2) is 5.13 Å². The average molecular weight is 319 g/mol. The summed E-state index contributed by atoms with van der Waals surface area (Å²) in [5.41, 5.74) is 0.836. The highest BCUT2D eigenvalue weighted by Gasteiger charge is 2.19. The van der Waals surface area contributed by atoms with Crippen LogP contribution in [0, 0.1) is 0 Å². The second-order valence-electron chi connectivity index (χ2n) is 6.17. The van der Waals surface area contributed by atoms with Crippen LogP contribution >= 0.6 is 11.3 Å². The molecule has 0 fully saturated rings. The maximum Gasteiger partial charge on any atom is 0.234 e. The molecule has 0 atom stereocenters. The minimum atomic E-state index is -3.31. The fourth-order valence-corrected chi connectivity index (χ4v) is 3.79. The summed E-state index contributed by atoms with van der Waals surface area (Å²) in [5, 5.41) is 5.55. The number of thiazole rings is 1. The van der Waals surface area contributed by atoms with Crippen molar-refractivity contribution >= 4 is 26.5 Å². The Bertz CT molecular complexity index is 516. The first-order chi connectivity index (χ1) is 9.10. The van der Waals surface area contributed by atoms with Gasteiger partial charge in [-0.25, -0.2) is 13.4 Å². The van der Waals surface area contributed by atoms with E-state index >= 15 is 0 Å². The van der Waals surface area contributed by atoms with Crippen LogP contribution in [0.4, 0.5) is 5.13 Å². The van der Waals surface area contributed by atoms with Gasteiger partial charge in [0.1, 0.15) is 0 Å². The van der Waals surface area contributed by atoms with E-state index in [0.717, 1.165) is 5.69 Å². The maximum absolute atomic E-state index is 11.9. The molecule has 1 heterocycles. The van der Waals surface area contributed by atoms with Crippen molar-refractivity contribution in [3.8, 4) is 0 Å². The molecule has 20 heavy (non-hydrogen) atoms. The Hall–Kier alpha value is -0.660. The van der Waals surface area contributed by atoms with Crippen LogP contribution in [0.3, 0.4) is 0 Å². The van der Waals surface area contributed by atoms with Gasteiger partial charge in [-0.05, 0) is 13.0 Å². The molecule has 1 rings (SSSR count). The van der Waals surface area contributed by atoms with E-state index in [9.17, 15) is 8.42 Å². The van der Waals surface area contributed by atoms with Crippen molar-refractivity contribution in [3.05, 3.63) is 11.1 Å². The number of nitrogens with zero attached hydrogens (tertiary/aromatic N) is 1. The van der Waals surface area contributed by atoms with Crippen LogP contribution < -0.4 is 10.0 Å². The predicted molar refractivity (Wildman–Crippen MR) is 86.0 cm³/mol. The Morgan fingerprint density at radius 3 is 2.50 bits per heavy atom. The van der Waals surface area contributed by atoms with Gasteiger partial charge in [-0.3, -0.25) is 4.72 Å². The highest BCUT2D eigenvalue weighted by atomic mass is 32.2. The zero-order chi connectivity index (χ0) is 15.4. The zero-order valence-corrected chi connectivity index (χ0v) is 14.5. The fraction of sp³-hybridized carbons (Fsp3) is 0.769. The number of nitrogens with one attached hydrogen (secondary N) is 2. The summed E-state index contributed by atoms with van der Waals surface area (Å²) in [4.78, 5) is 4.34. The smallest absolute Gasteiger partial charge is 0.234 e. The topological polar surface area (TPSA) is 71.1 Å². The first-order valence-electron chi connectivity index (χ1n) is 6.80. The molecule has 5 nitrogen and oxygen atoms in total. The number of rotatable bonds is 7. The fourth-order valence-electron chi connectivity index (χ4n) is 1.50. The molecule has 116 valence electrons. The quantitative estimate of drug-likeness (QED) is 0.758. The van der Waals surface area contributed by atoms with Gasteiger partial charge in [0.2, 0.25) is 10.0 Å². The molecule has 0 saturated heterocycles. The largest absolute Gasteiger partial charge is 0.314 e. The molecule has 0 aliphatic heterocycles. The Kier molecular flexibility index (Phi) is 5.97. The lowest BCUT2D eigenvalue weighted by Crippen LogP contribution is -2.26. The van der Waals surface area contributed by atoms with Gasteiger partial charge in [-0.1, -0.05) is 34.6 Å². The molecule has 0 amide bonds. The van der Waals surface area contributed by atoms with Crippen molar-refractivity contribution in [3.63, 3.8) is 0 Å². The van der Waals surface area contributed by atoms with E-state index in [-0.39, 0.29) is 11.2 Å². The second kappa shape index (κ2) is 6.87. The zero-order valence-electron chi connectivity index (χ0n) is 12.9. The van der Waals surface area contributed by atoms with Crippen LogP contribution in [0.1, 0.15) is 46.7 Å². The van der Waals surface area contributed by atoms with Crippen LogP contribution in [0.2, 0.25) is 0 Å². The van der Waals surface area contributed by atoms with Crippen molar-refractivity contribution in [2.75, 3.05) is 17.0 Å². The van der Waals surface area contributed by atoms with Crippen molar-refractivity contribution in [2.45, 2.75) is 52.5 Å². The van der Waals surface area contributed by atoms with Crippen LogP contribution in [0.5, 0.6) is 0 Å². The summed E-state index contributed by atoms with van der Waals surface area (Å²) < 4.78 is 26.4. The van der Waals surface area contributed by atoms with Gasteiger partial charge >= 0.3 is 0 Å². The van der Waals surface area contributed by atoms with Gasteiger partial charge in [-0.15, -0.1) is 11.3 Å². The molecule has 0 aliphatic rings. The van der Waals surface area contributed by atoms with E-state index < -0.39 is 10.0 Å². The third kappa shape index (κ3) is 6.19. The first kappa shape index (κ1) is 17.4. The molecule has 0 bridgehead atoms. The second-order valence-corrected chi connectivity index (χ2v) is 8.87. The molecule has 0 aliphatic carbocycles. The average Bonchev–Trinajstić information content (AvgIpc) is 2.71. The molecule has 1 aromatic rings. The Balaban J connectivity index is 2.52. The lowest BCUT2D eigenvalue weighted by atomic mass is 9.93. The van der Waals surface area contributed by atoms with Crippen LogP contribution in [0.25, 0.3) is 0 Å². The molecule has 0 saturated carbocycles. The highest BCUT2D eigenvalue weighted by molar-refractivity contribution is 7.92. The number of hydrogen-bond acceptors (Lipinski definition) is 5. The highest BCUT2D eigenvalue weighted by Crippen LogP contribution is 2.26. The van der Waals surface area contributed by atoms with Crippen molar-refractivity contribution in [2.24, 2.45) is 0 Å². The van der Waals surface area contributed by atoms with E-state index in [1.54, 1.807) is 0 Å². The van der Waals surface area contributed by atoms with Gasteiger partial charge in [-0.2, -0.15) is 0 Å². The molecule has 2 N–H and O–H groups in total. The summed E-state index contributed by atoms with van der Waals surface area (Å²) in [6.45, 7) is 10.9. The monoisotopic (exact) mass is 319 g/mol. The van der Waals surface area contributed by atoms with E-state index in [1.807, 2.05) is 19.2 Å². The molecule has 1 aromatic heterocycles.